The molecule has 0 aliphatic heterocycles. The molecule has 4 nitrogen and oxygen atoms in total. The van der Waals surface area contributed by atoms with E-state index in [-0.39, 0.29) is 0 Å². The molecule has 0 amide bonds. The summed E-state index contributed by atoms with van der Waals surface area (Å²) in [5.41, 5.74) is 1.84. The Hall–Kier alpha value is -1.97. The maximum Gasteiger partial charge on any atom is 0.217 e. The van der Waals surface area contributed by atoms with Crippen LogP contribution in [0, 0.1) is 6.92 Å². The van der Waals surface area contributed by atoms with Crippen LogP contribution in [0.25, 0.3) is 10.9 Å². The first-order chi connectivity index (χ1) is 9.21. The molecule has 0 atom stereocenters. The molecule has 0 aliphatic rings. The highest BCUT2D eigenvalue weighted by Gasteiger charge is 2.12. The summed E-state index contributed by atoms with van der Waals surface area (Å²) in [5.74, 6) is 2.19. The zero-order valence-electron chi connectivity index (χ0n) is 11.8. The molecular weight excluding hydrogens is 242 g/mol. The smallest absolute Gasteiger partial charge is 0.217 e. The van der Waals surface area contributed by atoms with E-state index in [0.29, 0.717) is 19.1 Å². The Morgan fingerprint density at radius 3 is 2.42 bits per heavy atom. The summed E-state index contributed by atoms with van der Waals surface area (Å²) in [6.07, 6.45) is 0. The zero-order valence-corrected chi connectivity index (χ0v) is 11.8. The fraction of sp³-hybridized carbons (Fsp3) is 0.400. The molecule has 2 rings (SSSR count). The van der Waals surface area contributed by atoms with Gasteiger partial charge in [-0.05, 0) is 32.9 Å². The quantitative estimate of drug-likeness (QED) is 0.827. The number of methoxy groups -OCH3 is 1. The van der Waals surface area contributed by atoms with Crippen molar-refractivity contribution in [1.29, 1.82) is 0 Å². The summed E-state index contributed by atoms with van der Waals surface area (Å²) in [6, 6.07) is 5.73. The number of aromatic nitrogens is 1. The molecule has 0 spiro atoms. The number of ether oxygens (including phenoxy) is 3. The van der Waals surface area contributed by atoms with Crippen LogP contribution in [0.5, 0.6) is 17.4 Å². The number of fused-ring (bicyclic) bond motifs is 1. The first-order valence-electron chi connectivity index (χ1n) is 6.45. The topological polar surface area (TPSA) is 40.6 Å². The molecule has 0 aliphatic carbocycles. The second kappa shape index (κ2) is 5.78. The highest BCUT2D eigenvalue weighted by molar-refractivity contribution is 5.89. The maximum absolute atomic E-state index is 5.67. The largest absolute Gasteiger partial charge is 0.496 e. The van der Waals surface area contributed by atoms with Crippen LogP contribution in [0.4, 0.5) is 0 Å². The van der Waals surface area contributed by atoms with E-state index in [1.54, 1.807) is 7.11 Å². The highest BCUT2D eigenvalue weighted by Crippen LogP contribution is 2.34. The van der Waals surface area contributed by atoms with Crippen LogP contribution >= 0.6 is 0 Å². The van der Waals surface area contributed by atoms with E-state index < -0.39 is 0 Å². The molecule has 0 saturated carbocycles. The predicted octanol–water partition coefficient (Wildman–Crippen LogP) is 3.35. The molecule has 0 fully saturated rings. The van der Waals surface area contributed by atoms with Gasteiger partial charge in [0.2, 0.25) is 5.88 Å². The van der Waals surface area contributed by atoms with Crippen LogP contribution in [-0.2, 0) is 0 Å². The van der Waals surface area contributed by atoms with Gasteiger partial charge in [0.05, 0.1) is 25.8 Å². The van der Waals surface area contributed by atoms with Crippen molar-refractivity contribution >= 4 is 10.9 Å². The molecule has 0 radical (unpaired) electrons. The lowest BCUT2D eigenvalue weighted by Crippen LogP contribution is -2.00. The summed E-state index contributed by atoms with van der Waals surface area (Å²) >= 11 is 0. The van der Waals surface area contributed by atoms with Gasteiger partial charge in [0, 0.05) is 17.0 Å². The molecule has 0 bridgehead atoms. The summed E-state index contributed by atoms with van der Waals surface area (Å²) < 4.78 is 16.5. The van der Waals surface area contributed by atoms with Crippen molar-refractivity contribution in [3.05, 3.63) is 23.8 Å². The van der Waals surface area contributed by atoms with Crippen LogP contribution in [-0.4, -0.2) is 25.3 Å². The Bertz CT molecular complexity index is 581. The van der Waals surface area contributed by atoms with Crippen molar-refractivity contribution in [2.45, 2.75) is 20.8 Å². The molecular formula is C15H19NO3. The number of pyridine rings is 1. The van der Waals surface area contributed by atoms with Gasteiger partial charge in [-0.2, -0.15) is 0 Å². The molecule has 1 aromatic heterocycles. The number of hydrogen-bond donors (Lipinski definition) is 0. The van der Waals surface area contributed by atoms with Gasteiger partial charge in [-0.3, -0.25) is 0 Å². The average Bonchev–Trinajstić information content (AvgIpc) is 2.41. The van der Waals surface area contributed by atoms with Crippen LogP contribution < -0.4 is 14.2 Å². The van der Waals surface area contributed by atoms with Gasteiger partial charge in [-0.15, -0.1) is 0 Å². The van der Waals surface area contributed by atoms with E-state index in [4.69, 9.17) is 14.2 Å². The third-order valence-electron chi connectivity index (χ3n) is 2.94. The number of aryl methyl sites for hydroxylation is 1. The second-order valence-electron chi connectivity index (χ2n) is 4.11. The fourth-order valence-electron chi connectivity index (χ4n) is 2.07. The minimum absolute atomic E-state index is 0.576. The van der Waals surface area contributed by atoms with Gasteiger partial charge < -0.3 is 14.2 Å². The van der Waals surface area contributed by atoms with E-state index in [1.165, 1.54) is 0 Å². The SMILES string of the molecule is CCOc1cc(OCC)c2ccc(OC)c(C)c2n1. The normalized spacial score (nSPS) is 10.5. The lowest BCUT2D eigenvalue weighted by atomic mass is 10.1. The highest BCUT2D eigenvalue weighted by atomic mass is 16.5. The molecule has 1 aromatic carbocycles. The predicted molar refractivity (Wildman–Crippen MR) is 75.4 cm³/mol. The van der Waals surface area contributed by atoms with Gasteiger partial charge in [0.1, 0.15) is 11.5 Å². The van der Waals surface area contributed by atoms with Crippen LogP contribution in [0.2, 0.25) is 0 Å². The minimum atomic E-state index is 0.576. The fourth-order valence-corrected chi connectivity index (χ4v) is 2.07. The van der Waals surface area contributed by atoms with Gasteiger partial charge in [0.25, 0.3) is 0 Å². The van der Waals surface area contributed by atoms with Crippen molar-refractivity contribution in [3.8, 4) is 17.4 Å². The van der Waals surface area contributed by atoms with E-state index >= 15 is 0 Å². The number of rotatable bonds is 5. The standard InChI is InChI=1S/C15H19NO3/c1-5-18-13-9-14(19-6-2)16-15-10(3)12(17-4)8-7-11(13)15/h7-9H,5-6H2,1-4H3. The van der Waals surface area contributed by atoms with E-state index in [9.17, 15) is 0 Å². The maximum atomic E-state index is 5.67. The van der Waals surface area contributed by atoms with E-state index in [0.717, 1.165) is 28.0 Å². The summed E-state index contributed by atoms with van der Waals surface area (Å²) in [6.45, 7) is 7.07. The monoisotopic (exact) mass is 261 g/mol. The Labute approximate surface area is 113 Å². The first kappa shape index (κ1) is 13.5. The zero-order chi connectivity index (χ0) is 13.8. The van der Waals surface area contributed by atoms with Crippen LogP contribution in [0.1, 0.15) is 19.4 Å². The molecule has 4 heteroatoms. The summed E-state index contributed by atoms with van der Waals surface area (Å²) in [5, 5.41) is 0.976. The molecule has 1 heterocycles. The Morgan fingerprint density at radius 1 is 1.05 bits per heavy atom. The Morgan fingerprint density at radius 2 is 1.79 bits per heavy atom. The van der Waals surface area contributed by atoms with Crippen molar-refractivity contribution in [3.63, 3.8) is 0 Å². The van der Waals surface area contributed by atoms with Crippen molar-refractivity contribution in [1.82, 2.24) is 4.98 Å². The van der Waals surface area contributed by atoms with Crippen LogP contribution in [0.3, 0.4) is 0 Å². The first-order valence-corrected chi connectivity index (χ1v) is 6.45. The van der Waals surface area contributed by atoms with Gasteiger partial charge in [-0.1, -0.05) is 0 Å². The Balaban J connectivity index is 2.67. The molecule has 2 aromatic rings. The number of hydrogen-bond acceptors (Lipinski definition) is 4. The van der Waals surface area contributed by atoms with Crippen molar-refractivity contribution < 1.29 is 14.2 Å². The van der Waals surface area contributed by atoms with Crippen molar-refractivity contribution in [2.24, 2.45) is 0 Å². The van der Waals surface area contributed by atoms with Gasteiger partial charge in [0.15, 0.2) is 0 Å². The number of benzene rings is 1. The number of nitrogens with zero attached hydrogens (tertiary/aromatic N) is 1. The molecule has 0 saturated heterocycles. The summed E-state index contributed by atoms with van der Waals surface area (Å²) in [7, 11) is 1.66. The van der Waals surface area contributed by atoms with Gasteiger partial charge in [-0.25, -0.2) is 4.98 Å². The van der Waals surface area contributed by atoms with Crippen LogP contribution in [0.15, 0.2) is 18.2 Å². The molecule has 0 unspecified atom stereocenters. The van der Waals surface area contributed by atoms with E-state index in [2.05, 4.69) is 4.98 Å². The Kier molecular flexibility index (Phi) is 4.10. The average molecular weight is 261 g/mol. The van der Waals surface area contributed by atoms with Gasteiger partial charge >= 0.3 is 0 Å². The lowest BCUT2D eigenvalue weighted by molar-refractivity contribution is 0.317. The minimum Gasteiger partial charge on any atom is -0.496 e. The lowest BCUT2D eigenvalue weighted by Gasteiger charge is -2.13. The molecule has 0 N–H and O–H groups in total. The third kappa shape index (κ3) is 2.57. The second-order valence-corrected chi connectivity index (χ2v) is 4.11. The molecule has 102 valence electrons. The molecule has 19 heavy (non-hydrogen) atoms. The third-order valence-corrected chi connectivity index (χ3v) is 2.94. The van der Waals surface area contributed by atoms with E-state index in [1.807, 2.05) is 39.0 Å². The summed E-state index contributed by atoms with van der Waals surface area (Å²) in [4.78, 5) is 4.53. The van der Waals surface area contributed by atoms with Crippen molar-refractivity contribution in [2.75, 3.05) is 20.3 Å².